The van der Waals surface area contributed by atoms with Gasteiger partial charge in [-0.3, -0.25) is 9.52 Å². The molecule has 1 aromatic carbocycles. The molecule has 0 bridgehead atoms. The summed E-state index contributed by atoms with van der Waals surface area (Å²) in [5.74, 6) is -0.846. The highest BCUT2D eigenvalue weighted by Gasteiger charge is 2.13. The minimum atomic E-state index is -3.52. The first-order valence-corrected chi connectivity index (χ1v) is 7.20. The predicted octanol–water partition coefficient (Wildman–Crippen LogP) is 1.75. The number of benzene rings is 1. The molecular formula is C10H12BrNO4S. The number of esters is 1. The van der Waals surface area contributed by atoms with E-state index < -0.39 is 16.0 Å². The summed E-state index contributed by atoms with van der Waals surface area (Å²) in [6.45, 7) is 0. The zero-order chi connectivity index (χ0) is 12.9. The quantitative estimate of drug-likeness (QED) is 0.839. The van der Waals surface area contributed by atoms with Crippen molar-refractivity contribution in [1.29, 1.82) is 0 Å². The third-order valence-corrected chi connectivity index (χ3v) is 3.74. The van der Waals surface area contributed by atoms with Gasteiger partial charge >= 0.3 is 5.97 Å². The molecule has 5 nitrogen and oxygen atoms in total. The number of sulfonamides is 1. The number of hydrogen-bond acceptors (Lipinski definition) is 4. The lowest BCUT2D eigenvalue weighted by molar-refractivity contribution is -0.140. The molecule has 0 aliphatic rings. The summed E-state index contributed by atoms with van der Waals surface area (Å²) in [4.78, 5) is 10.8. The van der Waals surface area contributed by atoms with Crippen molar-refractivity contribution in [3.8, 4) is 0 Å². The van der Waals surface area contributed by atoms with Crippen LogP contribution in [-0.4, -0.2) is 27.2 Å². The standard InChI is InChI=1S/C10H12BrNO4S/c1-16-10(13)6-7-17(14,15)12-9-4-2-8(11)3-5-9/h2-5,12H,6-7H2,1H3. The fourth-order valence-electron chi connectivity index (χ4n) is 1.07. The highest BCUT2D eigenvalue weighted by Crippen LogP contribution is 2.15. The zero-order valence-electron chi connectivity index (χ0n) is 9.14. The van der Waals surface area contributed by atoms with Gasteiger partial charge in [0.05, 0.1) is 19.3 Å². The summed E-state index contributed by atoms with van der Waals surface area (Å²) in [6.07, 6.45) is -0.164. The van der Waals surface area contributed by atoms with Gasteiger partial charge in [0.1, 0.15) is 0 Å². The maximum atomic E-state index is 11.6. The SMILES string of the molecule is COC(=O)CCS(=O)(=O)Nc1ccc(Br)cc1. The molecule has 0 aliphatic carbocycles. The topological polar surface area (TPSA) is 72.5 Å². The molecule has 94 valence electrons. The van der Waals surface area contributed by atoms with Crippen LogP contribution in [0.4, 0.5) is 5.69 Å². The van der Waals surface area contributed by atoms with E-state index in [9.17, 15) is 13.2 Å². The van der Waals surface area contributed by atoms with Crippen LogP contribution in [0.25, 0.3) is 0 Å². The number of halogens is 1. The van der Waals surface area contributed by atoms with Crippen molar-refractivity contribution in [2.75, 3.05) is 17.6 Å². The maximum Gasteiger partial charge on any atom is 0.306 e. The third-order valence-electron chi connectivity index (χ3n) is 1.92. The minimum Gasteiger partial charge on any atom is -0.469 e. The number of rotatable bonds is 5. The van der Waals surface area contributed by atoms with E-state index in [4.69, 9.17) is 0 Å². The van der Waals surface area contributed by atoms with E-state index >= 15 is 0 Å². The number of anilines is 1. The van der Waals surface area contributed by atoms with E-state index in [2.05, 4.69) is 25.4 Å². The fourth-order valence-corrected chi connectivity index (χ4v) is 2.37. The Morgan fingerprint density at radius 1 is 1.35 bits per heavy atom. The molecule has 0 aliphatic heterocycles. The molecule has 0 spiro atoms. The van der Waals surface area contributed by atoms with E-state index in [-0.39, 0.29) is 12.2 Å². The lowest BCUT2D eigenvalue weighted by atomic mass is 10.3. The Bertz CT molecular complexity index is 484. The van der Waals surface area contributed by atoms with E-state index in [0.717, 1.165) is 4.47 Å². The molecule has 1 rings (SSSR count). The lowest BCUT2D eigenvalue weighted by Gasteiger charge is -2.07. The normalized spacial score (nSPS) is 10.9. The second-order valence-corrected chi connectivity index (χ2v) is 6.01. The average molecular weight is 322 g/mol. The highest BCUT2D eigenvalue weighted by atomic mass is 79.9. The van der Waals surface area contributed by atoms with Gasteiger partial charge in [0.15, 0.2) is 0 Å². The molecule has 0 amide bonds. The molecule has 17 heavy (non-hydrogen) atoms. The Morgan fingerprint density at radius 3 is 2.47 bits per heavy atom. The summed E-state index contributed by atoms with van der Waals surface area (Å²) < 4.78 is 30.7. The number of ether oxygens (including phenoxy) is 1. The van der Waals surface area contributed by atoms with Crippen LogP contribution < -0.4 is 4.72 Å². The number of methoxy groups -OCH3 is 1. The molecular weight excluding hydrogens is 310 g/mol. The largest absolute Gasteiger partial charge is 0.469 e. The molecule has 0 saturated carbocycles. The van der Waals surface area contributed by atoms with Gasteiger partial charge in [0, 0.05) is 10.2 Å². The molecule has 7 heteroatoms. The van der Waals surface area contributed by atoms with Gasteiger partial charge in [-0.25, -0.2) is 8.42 Å². The van der Waals surface area contributed by atoms with E-state index in [1.165, 1.54) is 7.11 Å². The second kappa shape index (κ2) is 6.02. The molecule has 0 unspecified atom stereocenters. The summed E-state index contributed by atoms with van der Waals surface area (Å²) in [7, 11) is -2.30. The number of hydrogen-bond donors (Lipinski definition) is 1. The van der Waals surface area contributed by atoms with Gasteiger partial charge < -0.3 is 4.74 Å². The van der Waals surface area contributed by atoms with E-state index in [0.29, 0.717) is 5.69 Å². The van der Waals surface area contributed by atoms with E-state index in [1.807, 2.05) is 0 Å². The van der Waals surface area contributed by atoms with Gasteiger partial charge in [-0.2, -0.15) is 0 Å². The van der Waals surface area contributed by atoms with Crippen molar-refractivity contribution >= 4 is 37.6 Å². The van der Waals surface area contributed by atoms with Crippen molar-refractivity contribution in [2.45, 2.75) is 6.42 Å². The first kappa shape index (κ1) is 14.0. The Kier molecular flexibility index (Phi) is 4.95. The van der Waals surface area contributed by atoms with Crippen LogP contribution in [0.2, 0.25) is 0 Å². The maximum absolute atomic E-state index is 11.6. The van der Waals surface area contributed by atoms with Crippen LogP contribution in [-0.2, 0) is 19.6 Å². The van der Waals surface area contributed by atoms with Crippen molar-refractivity contribution < 1.29 is 17.9 Å². The second-order valence-electron chi connectivity index (χ2n) is 3.25. The number of nitrogens with one attached hydrogen (secondary N) is 1. The van der Waals surface area contributed by atoms with Crippen molar-refractivity contribution in [3.63, 3.8) is 0 Å². The van der Waals surface area contributed by atoms with Crippen LogP contribution in [0.15, 0.2) is 28.7 Å². The number of carbonyl (C=O) groups is 1. The Hall–Kier alpha value is -1.08. The fraction of sp³-hybridized carbons (Fsp3) is 0.300. The lowest BCUT2D eigenvalue weighted by Crippen LogP contribution is -2.19. The van der Waals surface area contributed by atoms with Gasteiger partial charge in [-0.05, 0) is 24.3 Å². The summed E-state index contributed by atoms with van der Waals surface area (Å²) >= 11 is 3.25. The molecule has 0 aromatic heterocycles. The first-order chi connectivity index (χ1) is 7.93. The van der Waals surface area contributed by atoms with Gasteiger partial charge in [-0.1, -0.05) is 15.9 Å². The molecule has 0 fully saturated rings. The van der Waals surface area contributed by atoms with Gasteiger partial charge in [-0.15, -0.1) is 0 Å². The van der Waals surface area contributed by atoms with Gasteiger partial charge in [0.25, 0.3) is 0 Å². The Labute approximate surface area is 108 Å². The Morgan fingerprint density at radius 2 is 1.94 bits per heavy atom. The highest BCUT2D eigenvalue weighted by molar-refractivity contribution is 9.10. The van der Waals surface area contributed by atoms with Crippen LogP contribution in [0.1, 0.15) is 6.42 Å². The summed E-state index contributed by atoms with van der Waals surface area (Å²) in [6, 6.07) is 6.69. The summed E-state index contributed by atoms with van der Waals surface area (Å²) in [5, 5.41) is 0. The van der Waals surface area contributed by atoms with Crippen molar-refractivity contribution in [1.82, 2.24) is 0 Å². The molecule has 0 radical (unpaired) electrons. The van der Waals surface area contributed by atoms with Crippen molar-refractivity contribution in [2.24, 2.45) is 0 Å². The molecule has 1 N–H and O–H groups in total. The zero-order valence-corrected chi connectivity index (χ0v) is 11.5. The smallest absolute Gasteiger partial charge is 0.306 e. The predicted molar refractivity (Wildman–Crippen MR) is 68.2 cm³/mol. The van der Waals surface area contributed by atoms with Gasteiger partial charge in [0.2, 0.25) is 10.0 Å². The van der Waals surface area contributed by atoms with Crippen LogP contribution in [0.3, 0.4) is 0 Å². The average Bonchev–Trinajstić information content (AvgIpc) is 2.29. The molecule has 1 aromatic rings. The number of carbonyl (C=O) groups excluding carboxylic acids is 1. The third kappa shape index (κ3) is 5.18. The monoisotopic (exact) mass is 321 g/mol. The minimum absolute atomic E-state index is 0.164. The first-order valence-electron chi connectivity index (χ1n) is 4.76. The van der Waals surface area contributed by atoms with E-state index in [1.54, 1.807) is 24.3 Å². The van der Waals surface area contributed by atoms with Crippen LogP contribution in [0.5, 0.6) is 0 Å². The van der Waals surface area contributed by atoms with Crippen LogP contribution >= 0.6 is 15.9 Å². The molecule has 0 heterocycles. The molecule has 0 saturated heterocycles. The van der Waals surface area contributed by atoms with Crippen LogP contribution in [0, 0.1) is 0 Å². The molecule has 0 atom stereocenters. The summed E-state index contributed by atoms with van der Waals surface area (Å²) in [5.41, 5.74) is 0.457. The van der Waals surface area contributed by atoms with Crippen molar-refractivity contribution in [3.05, 3.63) is 28.7 Å². The Balaban J connectivity index is 2.60.